The zero-order valence-corrected chi connectivity index (χ0v) is 14.2. The molecular formula is C18H16N4O4. The number of esters is 1. The van der Waals surface area contributed by atoms with Crippen molar-refractivity contribution < 1.29 is 19.4 Å². The Morgan fingerprint density at radius 1 is 1.23 bits per heavy atom. The Labute approximate surface area is 148 Å². The molecule has 0 aliphatic heterocycles. The maximum atomic E-state index is 11.7. The van der Waals surface area contributed by atoms with Gasteiger partial charge in [-0.05, 0) is 36.8 Å². The molecule has 1 aromatic carbocycles. The zero-order chi connectivity index (χ0) is 18.7. The number of aromatic nitrogens is 2. The van der Waals surface area contributed by atoms with Crippen molar-refractivity contribution in [1.82, 2.24) is 9.38 Å². The number of methoxy groups -OCH3 is 1. The number of carbonyl (C=O) groups excluding carboxylic acids is 1. The van der Waals surface area contributed by atoms with Gasteiger partial charge < -0.3 is 9.84 Å². The molecule has 2 aromatic heterocycles. The molecule has 0 amide bonds. The number of hydrogen-bond acceptors (Lipinski definition) is 6. The molecule has 0 radical (unpaired) electrons. The van der Waals surface area contributed by atoms with Gasteiger partial charge in [-0.2, -0.15) is 0 Å². The Morgan fingerprint density at radius 2 is 2.04 bits per heavy atom. The van der Waals surface area contributed by atoms with Gasteiger partial charge in [0.15, 0.2) is 5.82 Å². The number of carbonyl (C=O) groups is 2. The summed E-state index contributed by atoms with van der Waals surface area (Å²) in [6, 6.07) is 9.85. The highest BCUT2D eigenvalue weighted by atomic mass is 16.5. The number of nitrogens with zero attached hydrogens (tertiary/aromatic N) is 4. The fourth-order valence-corrected chi connectivity index (χ4v) is 2.43. The van der Waals surface area contributed by atoms with Gasteiger partial charge in [0.1, 0.15) is 5.65 Å². The van der Waals surface area contributed by atoms with Gasteiger partial charge in [0, 0.05) is 6.20 Å². The van der Waals surface area contributed by atoms with Crippen molar-refractivity contribution in [2.45, 2.75) is 13.3 Å². The smallest absolute Gasteiger partial charge is 0.335 e. The number of benzene rings is 1. The van der Waals surface area contributed by atoms with E-state index in [9.17, 15) is 9.59 Å². The van der Waals surface area contributed by atoms with E-state index in [-0.39, 0.29) is 12.0 Å². The summed E-state index contributed by atoms with van der Waals surface area (Å²) in [5.41, 5.74) is 2.55. The van der Waals surface area contributed by atoms with Crippen LogP contribution in [0.4, 0.5) is 11.5 Å². The summed E-state index contributed by atoms with van der Waals surface area (Å²) in [6.45, 7) is 1.93. The van der Waals surface area contributed by atoms with Crippen LogP contribution in [0.1, 0.15) is 21.6 Å². The van der Waals surface area contributed by atoms with Gasteiger partial charge in [-0.15, -0.1) is 10.2 Å². The minimum absolute atomic E-state index is 0.0409. The first-order valence-corrected chi connectivity index (χ1v) is 7.77. The monoisotopic (exact) mass is 352 g/mol. The van der Waals surface area contributed by atoms with Crippen molar-refractivity contribution in [3.63, 3.8) is 0 Å². The first-order valence-electron chi connectivity index (χ1n) is 7.77. The standard InChI is InChI=1S/C18H16N4O4/c1-11-6-7-15-19-14(9-16(23)26-2)17(22(15)10-11)21-20-13-5-3-4-12(8-13)18(24)25/h3-8,10H,9H2,1-2H3,(H,24,25). The predicted octanol–water partition coefficient (Wildman–Crippen LogP) is 3.47. The lowest BCUT2D eigenvalue weighted by molar-refractivity contribution is -0.139. The number of hydrogen-bond donors (Lipinski definition) is 1. The molecule has 3 rings (SSSR count). The fraction of sp³-hybridized carbons (Fsp3) is 0.167. The lowest BCUT2D eigenvalue weighted by Gasteiger charge is -2.00. The molecule has 8 nitrogen and oxygen atoms in total. The van der Waals surface area contributed by atoms with E-state index in [1.165, 1.54) is 19.2 Å². The number of azo groups is 1. The molecule has 3 aromatic rings. The van der Waals surface area contributed by atoms with Gasteiger partial charge in [-0.1, -0.05) is 12.1 Å². The van der Waals surface area contributed by atoms with E-state index in [4.69, 9.17) is 9.84 Å². The molecule has 0 unspecified atom stereocenters. The molecule has 0 aliphatic carbocycles. The minimum Gasteiger partial charge on any atom is -0.478 e. The largest absolute Gasteiger partial charge is 0.478 e. The van der Waals surface area contributed by atoms with Crippen molar-refractivity contribution in [1.29, 1.82) is 0 Å². The van der Waals surface area contributed by atoms with Crippen LogP contribution in [0, 0.1) is 6.92 Å². The van der Waals surface area contributed by atoms with Crippen LogP contribution >= 0.6 is 0 Å². The number of pyridine rings is 1. The Morgan fingerprint density at radius 3 is 2.77 bits per heavy atom. The minimum atomic E-state index is -1.04. The van der Waals surface area contributed by atoms with E-state index in [2.05, 4.69) is 15.2 Å². The van der Waals surface area contributed by atoms with E-state index in [0.717, 1.165) is 5.56 Å². The quantitative estimate of drug-likeness (QED) is 0.559. The topological polar surface area (TPSA) is 106 Å². The Bertz CT molecular complexity index is 1020. The average Bonchev–Trinajstić information content (AvgIpc) is 2.96. The number of rotatable bonds is 5. The fourth-order valence-electron chi connectivity index (χ4n) is 2.43. The molecule has 0 bridgehead atoms. The summed E-state index contributed by atoms with van der Waals surface area (Å²) in [7, 11) is 1.31. The van der Waals surface area contributed by atoms with Gasteiger partial charge in [-0.3, -0.25) is 9.20 Å². The summed E-state index contributed by atoms with van der Waals surface area (Å²) in [5.74, 6) is -1.08. The molecule has 0 saturated carbocycles. The number of aromatic carboxylic acids is 1. The molecular weight excluding hydrogens is 336 g/mol. The molecule has 26 heavy (non-hydrogen) atoms. The second-order valence-electron chi connectivity index (χ2n) is 5.63. The van der Waals surface area contributed by atoms with Gasteiger partial charge in [0.2, 0.25) is 0 Å². The third-order valence-corrected chi connectivity index (χ3v) is 3.70. The SMILES string of the molecule is COC(=O)Cc1nc2ccc(C)cn2c1N=Nc1cccc(C(=O)O)c1. The first-order chi connectivity index (χ1) is 12.5. The number of carboxylic acid groups (broad SMARTS) is 1. The van der Waals surface area contributed by atoms with Crippen molar-refractivity contribution in [2.75, 3.05) is 7.11 Å². The van der Waals surface area contributed by atoms with Gasteiger partial charge in [-0.25, -0.2) is 9.78 Å². The molecule has 0 spiro atoms. The van der Waals surface area contributed by atoms with Crippen LogP contribution in [-0.2, 0) is 16.0 Å². The van der Waals surface area contributed by atoms with Gasteiger partial charge >= 0.3 is 11.9 Å². The first kappa shape index (κ1) is 17.3. The lowest BCUT2D eigenvalue weighted by Crippen LogP contribution is -2.04. The Balaban J connectivity index is 2.05. The second-order valence-corrected chi connectivity index (χ2v) is 5.63. The molecule has 2 heterocycles. The number of imidazole rings is 1. The average molecular weight is 352 g/mol. The van der Waals surface area contributed by atoms with E-state index in [0.29, 0.717) is 22.8 Å². The summed E-state index contributed by atoms with van der Waals surface area (Å²) in [4.78, 5) is 27.1. The van der Waals surface area contributed by atoms with Crippen LogP contribution in [0.3, 0.4) is 0 Å². The molecule has 0 saturated heterocycles. The van der Waals surface area contributed by atoms with E-state index in [1.807, 2.05) is 25.3 Å². The van der Waals surface area contributed by atoms with Crippen LogP contribution in [0.25, 0.3) is 5.65 Å². The Hall–Kier alpha value is -3.55. The second kappa shape index (κ2) is 7.14. The van der Waals surface area contributed by atoms with Crippen molar-refractivity contribution in [2.24, 2.45) is 10.2 Å². The van der Waals surface area contributed by atoms with E-state index >= 15 is 0 Å². The lowest BCUT2D eigenvalue weighted by atomic mass is 10.2. The highest BCUT2D eigenvalue weighted by Crippen LogP contribution is 2.25. The molecule has 8 heteroatoms. The van der Waals surface area contributed by atoms with Crippen LogP contribution in [0.5, 0.6) is 0 Å². The van der Waals surface area contributed by atoms with Crippen molar-refractivity contribution >= 4 is 29.1 Å². The normalized spacial score (nSPS) is 11.2. The number of fused-ring (bicyclic) bond motifs is 1. The molecule has 0 aliphatic rings. The van der Waals surface area contributed by atoms with Crippen LogP contribution in [0.2, 0.25) is 0 Å². The highest BCUT2D eigenvalue weighted by molar-refractivity contribution is 5.88. The summed E-state index contributed by atoms with van der Waals surface area (Å²) in [6.07, 6.45) is 1.80. The van der Waals surface area contributed by atoms with Crippen LogP contribution in [0.15, 0.2) is 52.8 Å². The van der Waals surface area contributed by atoms with Crippen molar-refractivity contribution in [3.05, 3.63) is 59.4 Å². The number of aryl methyl sites for hydroxylation is 1. The zero-order valence-electron chi connectivity index (χ0n) is 14.2. The number of ether oxygens (including phenoxy) is 1. The molecule has 132 valence electrons. The van der Waals surface area contributed by atoms with Crippen molar-refractivity contribution in [3.8, 4) is 0 Å². The third kappa shape index (κ3) is 3.59. The van der Waals surface area contributed by atoms with E-state index in [1.54, 1.807) is 16.5 Å². The molecule has 1 N–H and O–H groups in total. The summed E-state index contributed by atoms with van der Waals surface area (Å²) >= 11 is 0. The predicted molar refractivity (Wildman–Crippen MR) is 93.2 cm³/mol. The third-order valence-electron chi connectivity index (χ3n) is 3.70. The maximum Gasteiger partial charge on any atom is 0.335 e. The summed E-state index contributed by atoms with van der Waals surface area (Å²) in [5, 5.41) is 17.4. The Kier molecular flexibility index (Phi) is 4.74. The summed E-state index contributed by atoms with van der Waals surface area (Å²) < 4.78 is 6.44. The highest BCUT2D eigenvalue weighted by Gasteiger charge is 2.16. The van der Waals surface area contributed by atoms with Gasteiger partial charge in [0.05, 0.1) is 30.5 Å². The van der Waals surface area contributed by atoms with Crippen LogP contribution < -0.4 is 0 Å². The number of carboxylic acids is 1. The van der Waals surface area contributed by atoms with Crippen LogP contribution in [-0.4, -0.2) is 33.5 Å². The van der Waals surface area contributed by atoms with Gasteiger partial charge in [0.25, 0.3) is 0 Å². The van der Waals surface area contributed by atoms with E-state index < -0.39 is 11.9 Å². The molecule has 0 fully saturated rings. The molecule has 0 atom stereocenters. The maximum absolute atomic E-state index is 11.7.